The molecule has 0 bridgehead atoms. The molecule has 59 heavy (non-hydrogen) atoms. The predicted molar refractivity (Wildman–Crippen MR) is 244 cm³/mol. The number of amides is 1. The van der Waals surface area contributed by atoms with E-state index in [2.05, 4.69) is 19.2 Å². The van der Waals surface area contributed by atoms with Gasteiger partial charge < -0.3 is 40.3 Å². The maximum atomic E-state index is 13.0. The van der Waals surface area contributed by atoms with Gasteiger partial charge in [-0.1, -0.05) is 231 Å². The van der Waals surface area contributed by atoms with Crippen molar-refractivity contribution >= 4 is 5.91 Å². The number of aliphatic hydroxyl groups excluding tert-OH is 5. The average molecular weight is 840 g/mol. The zero-order valence-electron chi connectivity index (χ0n) is 38.5. The number of hydrogen-bond acceptors (Lipinski definition) is 8. The molecule has 0 aliphatic carbocycles. The molecule has 6 N–H and O–H groups in total. The minimum atomic E-state index is -1.56. The van der Waals surface area contributed by atoms with E-state index in [4.69, 9.17) is 9.47 Å². The molecule has 1 amide bonds. The number of ether oxygens (including phenoxy) is 2. The van der Waals surface area contributed by atoms with Gasteiger partial charge in [-0.05, 0) is 19.3 Å². The molecule has 9 nitrogen and oxygen atoms in total. The third-order valence-electron chi connectivity index (χ3n) is 12.4. The first-order chi connectivity index (χ1) is 28.8. The Morgan fingerprint density at radius 2 is 0.932 bits per heavy atom. The zero-order valence-corrected chi connectivity index (χ0v) is 38.5. The second-order valence-electron chi connectivity index (χ2n) is 18.0. The van der Waals surface area contributed by atoms with Crippen LogP contribution in [0.15, 0.2) is 12.2 Å². The van der Waals surface area contributed by atoms with Crippen LogP contribution < -0.4 is 5.32 Å². The standard InChI is InChI=1S/C50H97NO8/c1-3-5-7-9-11-13-15-17-19-20-21-22-23-24-25-26-28-30-32-34-36-38-40-46(54)51-43(42-58-50-49(57)48(56)47(55)45(41-52)59-50)44(53)39-37-35-33-31-29-27-18-16-14-12-10-8-6-4-2/h37,39,43-45,47-50,52-53,55-57H,3-36,38,40-42H2,1-2H3,(H,51,54)/b39-37+/t43-,44+,45-,47-,48?,49?,50-/m0/s1. The molecule has 1 fully saturated rings. The van der Waals surface area contributed by atoms with E-state index in [1.807, 2.05) is 6.08 Å². The Bertz CT molecular complexity index is 935. The van der Waals surface area contributed by atoms with Gasteiger partial charge in [0.25, 0.3) is 0 Å². The van der Waals surface area contributed by atoms with Gasteiger partial charge >= 0.3 is 0 Å². The molecule has 0 aromatic rings. The second-order valence-corrected chi connectivity index (χ2v) is 18.0. The van der Waals surface area contributed by atoms with Crippen molar-refractivity contribution in [3.63, 3.8) is 0 Å². The lowest BCUT2D eigenvalue weighted by Crippen LogP contribution is -2.60. The highest BCUT2D eigenvalue weighted by Crippen LogP contribution is 2.23. The van der Waals surface area contributed by atoms with E-state index in [9.17, 15) is 30.3 Å². The molecular weight excluding hydrogens is 743 g/mol. The van der Waals surface area contributed by atoms with Crippen molar-refractivity contribution in [3.8, 4) is 0 Å². The van der Waals surface area contributed by atoms with Crippen molar-refractivity contribution in [1.29, 1.82) is 0 Å². The summed E-state index contributed by atoms with van der Waals surface area (Å²) in [6.45, 7) is 3.80. The summed E-state index contributed by atoms with van der Waals surface area (Å²) in [5, 5.41) is 54.3. The molecule has 7 atom stereocenters. The van der Waals surface area contributed by atoms with Gasteiger partial charge in [0.2, 0.25) is 5.91 Å². The highest BCUT2D eigenvalue weighted by atomic mass is 16.7. The molecule has 1 rings (SSSR count). The Morgan fingerprint density at radius 3 is 1.32 bits per heavy atom. The van der Waals surface area contributed by atoms with E-state index in [0.29, 0.717) is 6.42 Å². The number of rotatable bonds is 43. The second kappa shape index (κ2) is 41.0. The lowest BCUT2D eigenvalue weighted by Gasteiger charge is -2.40. The fraction of sp³-hybridized carbons (Fsp3) is 0.940. The topological polar surface area (TPSA) is 149 Å². The van der Waals surface area contributed by atoms with Crippen LogP contribution >= 0.6 is 0 Å². The van der Waals surface area contributed by atoms with Crippen molar-refractivity contribution < 1.29 is 39.8 Å². The van der Waals surface area contributed by atoms with Crippen molar-refractivity contribution in [2.75, 3.05) is 13.2 Å². The number of carbonyl (C=O) groups is 1. The maximum absolute atomic E-state index is 13.0. The molecule has 0 radical (unpaired) electrons. The summed E-state index contributed by atoms with van der Waals surface area (Å²) >= 11 is 0. The molecular formula is C50H97NO8. The van der Waals surface area contributed by atoms with Crippen LogP contribution in [0.2, 0.25) is 0 Å². The Morgan fingerprint density at radius 1 is 0.559 bits per heavy atom. The Kier molecular flexibility index (Phi) is 38.9. The Hall–Kier alpha value is -1.07. The van der Waals surface area contributed by atoms with Crippen LogP contribution in [-0.4, -0.2) is 87.5 Å². The Labute approximate surface area is 363 Å². The molecule has 1 aliphatic heterocycles. The van der Waals surface area contributed by atoms with Crippen LogP contribution in [0.25, 0.3) is 0 Å². The van der Waals surface area contributed by atoms with Crippen molar-refractivity contribution in [1.82, 2.24) is 5.32 Å². The van der Waals surface area contributed by atoms with Gasteiger partial charge in [0.1, 0.15) is 24.4 Å². The highest BCUT2D eigenvalue weighted by molar-refractivity contribution is 5.76. The normalized spacial score (nSPS) is 20.7. The van der Waals surface area contributed by atoms with Crippen molar-refractivity contribution in [2.45, 2.75) is 288 Å². The summed E-state index contributed by atoms with van der Waals surface area (Å²) in [6, 6.07) is -0.798. The molecule has 0 aromatic heterocycles. The Balaban J connectivity index is 2.26. The van der Waals surface area contributed by atoms with Crippen LogP contribution in [0.4, 0.5) is 0 Å². The van der Waals surface area contributed by atoms with Crippen LogP contribution in [0, 0.1) is 0 Å². The minimum Gasteiger partial charge on any atom is -0.394 e. The number of allylic oxidation sites excluding steroid dienone is 1. The molecule has 2 unspecified atom stereocenters. The number of carbonyl (C=O) groups excluding carboxylic acids is 1. The van der Waals surface area contributed by atoms with Crippen LogP contribution in [-0.2, 0) is 14.3 Å². The first-order valence-electron chi connectivity index (χ1n) is 25.4. The summed E-state index contributed by atoms with van der Waals surface area (Å²) in [6.07, 6.45) is 41.2. The largest absolute Gasteiger partial charge is 0.394 e. The van der Waals surface area contributed by atoms with Gasteiger partial charge in [-0.2, -0.15) is 0 Å². The number of unbranched alkanes of at least 4 members (excludes halogenated alkanes) is 33. The number of nitrogens with one attached hydrogen (secondary N) is 1. The van der Waals surface area contributed by atoms with E-state index in [1.54, 1.807) is 6.08 Å². The summed E-state index contributed by atoms with van der Waals surface area (Å²) < 4.78 is 11.2. The van der Waals surface area contributed by atoms with Gasteiger partial charge in [-0.25, -0.2) is 0 Å². The molecule has 0 spiro atoms. The highest BCUT2D eigenvalue weighted by Gasteiger charge is 2.44. The van der Waals surface area contributed by atoms with Crippen LogP contribution in [0.1, 0.15) is 245 Å². The SMILES string of the molecule is CCCCCCCCCCCCCC/C=C/[C@@H](O)[C@H](CO[C@H]1O[C@@H](CO)[C@H](O)C(O)C1O)NC(=O)CCCCCCCCCCCCCCCCCCCCCCCC. The quantitative estimate of drug-likeness (QED) is 0.0263. The van der Waals surface area contributed by atoms with Gasteiger partial charge in [0.05, 0.1) is 25.4 Å². The van der Waals surface area contributed by atoms with Gasteiger partial charge in [-0.3, -0.25) is 4.79 Å². The molecule has 1 saturated heterocycles. The fourth-order valence-electron chi connectivity index (χ4n) is 8.28. The average Bonchev–Trinajstić information content (AvgIpc) is 3.23. The number of aliphatic hydroxyl groups is 5. The smallest absolute Gasteiger partial charge is 0.220 e. The molecule has 0 aromatic carbocycles. The van der Waals surface area contributed by atoms with E-state index in [0.717, 1.165) is 38.5 Å². The summed E-state index contributed by atoms with van der Waals surface area (Å²) in [7, 11) is 0. The predicted octanol–water partition coefficient (Wildman–Crippen LogP) is 11.3. The molecule has 1 aliphatic rings. The minimum absolute atomic E-state index is 0.172. The summed E-state index contributed by atoms with van der Waals surface area (Å²) in [5.41, 5.74) is 0. The van der Waals surface area contributed by atoms with Crippen LogP contribution in [0.5, 0.6) is 0 Å². The van der Waals surface area contributed by atoms with Gasteiger partial charge in [0.15, 0.2) is 6.29 Å². The monoisotopic (exact) mass is 840 g/mol. The first-order valence-corrected chi connectivity index (χ1v) is 25.4. The lowest BCUT2D eigenvalue weighted by molar-refractivity contribution is -0.302. The maximum Gasteiger partial charge on any atom is 0.220 e. The molecule has 350 valence electrons. The zero-order chi connectivity index (χ0) is 43.0. The number of hydrogen-bond donors (Lipinski definition) is 6. The van der Waals surface area contributed by atoms with E-state index in [-0.39, 0.29) is 12.5 Å². The third-order valence-corrected chi connectivity index (χ3v) is 12.4. The fourth-order valence-corrected chi connectivity index (χ4v) is 8.28. The van der Waals surface area contributed by atoms with E-state index >= 15 is 0 Å². The van der Waals surface area contributed by atoms with Gasteiger partial charge in [-0.15, -0.1) is 0 Å². The van der Waals surface area contributed by atoms with E-state index < -0.39 is 49.5 Å². The summed E-state index contributed by atoms with van der Waals surface area (Å²) in [4.78, 5) is 13.0. The van der Waals surface area contributed by atoms with Gasteiger partial charge in [0, 0.05) is 6.42 Å². The molecule has 1 heterocycles. The third kappa shape index (κ3) is 31.4. The van der Waals surface area contributed by atoms with Crippen molar-refractivity contribution in [2.24, 2.45) is 0 Å². The van der Waals surface area contributed by atoms with Crippen LogP contribution in [0.3, 0.4) is 0 Å². The summed E-state index contributed by atoms with van der Waals surface area (Å²) in [5.74, 6) is -0.172. The van der Waals surface area contributed by atoms with Crippen molar-refractivity contribution in [3.05, 3.63) is 12.2 Å². The molecule has 9 heteroatoms. The molecule has 0 saturated carbocycles. The van der Waals surface area contributed by atoms with E-state index in [1.165, 1.54) is 186 Å². The lowest BCUT2D eigenvalue weighted by atomic mass is 9.99. The first kappa shape index (κ1) is 55.9.